The molecular weight excluding hydrogens is 388 g/mol. The van der Waals surface area contributed by atoms with Crippen LogP contribution in [-0.2, 0) is 11.3 Å². The van der Waals surface area contributed by atoms with Crippen LogP contribution in [0.15, 0.2) is 71.9 Å². The molecule has 0 spiro atoms. The van der Waals surface area contributed by atoms with Crippen molar-refractivity contribution in [1.82, 2.24) is 15.1 Å². The van der Waals surface area contributed by atoms with Gasteiger partial charge in [-0.25, -0.2) is 4.79 Å². The van der Waals surface area contributed by atoms with Crippen molar-refractivity contribution in [3.8, 4) is 0 Å². The molecule has 2 aromatic carbocycles. The van der Waals surface area contributed by atoms with E-state index in [9.17, 15) is 9.59 Å². The lowest BCUT2D eigenvalue weighted by molar-refractivity contribution is -0.919. The molecule has 1 saturated heterocycles. The smallest absolute Gasteiger partial charge is 0.322 e. The average molecular weight is 418 g/mol. The van der Waals surface area contributed by atoms with E-state index < -0.39 is 0 Å². The van der Waals surface area contributed by atoms with Gasteiger partial charge in [0.25, 0.3) is 5.91 Å². The summed E-state index contributed by atoms with van der Waals surface area (Å²) in [6.45, 7) is 3.68. The van der Waals surface area contributed by atoms with E-state index in [0.29, 0.717) is 6.54 Å². The molecule has 0 radical (unpaired) electrons. The zero-order chi connectivity index (χ0) is 21.4. The summed E-state index contributed by atoms with van der Waals surface area (Å²) in [5.74, 6) is 0.0761. The summed E-state index contributed by atoms with van der Waals surface area (Å²) < 4.78 is 0. The molecule has 5 rings (SSSR count). The van der Waals surface area contributed by atoms with Gasteiger partial charge in [-0.2, -0.15) is 0 Å². The molecule has 3 amide bonds. The fourth-order valence-corrected chi connectivity index (χ4v) is 5.16. The second kappa shape index (κ2) is 8.19. The van der Waals surface area contributed by atoms with E-state index in [-0.39, 0.29) is 24.0 Å². The van der Waals surface area contributed by atoms with Crippen LogP contribution in [0, 0.1) is 0 Å². The maximum Gasteiger partial charge on any atom is 0.322 e. The monoisotopic (exact) mass is 417 g/mol. The SMILES string of the molecule is CN1C(=O)N[C@H](c2ccccc2)C2=C1CN(C1CC[NH+](Cc3ccccc3)CC1)C2=O. The number of carbonyl (C=O) groups excluding carboxylic acids is 2. The highest BCUT2D eigenvalue weighted by Gasteiger charge is 2.45. The van der Waals surface area contributed by atoms with Crippen molar-refractivity contribution in [2.75, 3.05) is 26.7 Å². The lowest BCUT2D eigenvalue weighted by Crippen LogP contribution is -3.12. The molecule has 0 bridgehead atoms. The minimum atomic E-state index is -0.374. The topological polar surface area (TPSA) is 57.1 Å². The minimum absolute atomic E-state index is 0.0761. The maximum absolute atomic E-state index is 13.5. The first-order valence-electron chi connectivity index (χ1n) is 11.1. The van der Waals surface area contributed by atoms with Gasteiger partial charge in [-0.1, -0.05) is 60.7 Å². The average Bonchev–Trinajstić information content (AvgIpc) is 3.15. The Morgan fingerprint density at radius 3 is 2.29 bits per heavy atom. The van der Waals surface area contributed by atoms with Crippen LogP contribution in [-0.4, -0.2) is 54.5 Å². The molecule has 3 heterocycles. The van der Waals surface area contributed by atoms with Gasteiger partial charge in [0.2, 0.25) is 0 Å². The van der Waals surface area contributed by atoms with Gasteiger partial charge in [0.1, 0.15) is 6.54 Å². The van der Waals surface area contributed by atoms with Gasteiger partial charge >= 0.3 is 6.03 Å². The van der Waals surface area contributed by atoms with E-state index in [0.717, 1.165) is 49.3 Å². The molecule has 0 aromatic heterocycles. The number of rotatable bonds is 4. The van der Waals surface area contributed by atoms with E-state index >= 15 is 0 Å². The van der Waals surface area contributed by atoms with Crippen LogP contribution in [0.4, 0.5) is 4.79 Å². The number of nitrogens with zero attached hydrogens (tertiary/aromatic N) is 2. The van der Waals surface area contributed by atoms with Gasteiger partial charge < -0.3 is 15.1 Å². The Kier molecular flexibility index (Phi) is 5.24. The van der Waals surface area contributed by atoms with E-state index in [2.05, 4.69) is 35.6 Å². The highest BCUT2D eigenvalue weighted by atomic mass is 16.2. The van der Waals surface area contributed by atoms with Gasteiger partial charge in [0.15, 0.2) is 0 Å². The number of benzene rings is 2. The zero-order valence-electron chi connectivity index (χ0n) is 17.9. The first kappa shape index (κ1) is 19.8. The van der Waals surface area contributed by atoms with Crippen LogP contribution >= 0.6 is 0 Å². The molecule has 1 atom stereocenters. The number of likely N-dealkylation sites (N-methyl/N-ethyl adjacent to an activating group) is 1. The van der Waals surface area contributed by atoms with Crippen LogP contribution < -0.4 is 10.2 Å². The fourth-order valence-electron chi connectivity index (χ4n) is 5.16. The van der Waals surface area contributed by atoms with Crippen molar-refractivity contribution in [2.24, 2.45) is 0 Å². The Hall–Kier alpha value is -3.12. The van der Waals surface area contributed by atoms with Gasteiger partial charge in [0, 0.05) is 31.5 Å². The highest BCUT2D eigenvalue weighted by molar-refractivity contribution is 6.01. The van der Waals surface area contributed by atoms with Gasteiger partial charge in [-0.3, -0.25) is 9.69 Å². The van der Waals surface area contributed by atoms with Crippen molar-refractivity contribution < 1.29 is 14.5 Å². The van der Waals surface area contributed by atoms with E-state index in [1.54, 1.807) is 16.8 Å². The van der Waals surface area contributed by atoms with Crippen molar-refractivity contribution in [3.05, 3.63) is 83.1 Å². The second-order valence-electron chi connectivity index (χ2n) is 8.79. The number of carbonyl (C=O) groups is 2. The van der Waals surface area contributed by atoms with Crippen LogP contribution in [0.1, 0.15) is 30.0 Å². The van der Waals surface area contributed by atoms with Crippen LogP contribution in [0.5, 0.6) is 0 Å². The number of likely N-dealkylation sites (tertiary alicyclic amines) is 1. The summed E-state index contributed by atoms with van der Waals surface area (Å²) in [7, 11) is 1.76. The first-order chi connectivity index (χ1) is 15.1. The maximum atomic E-state index is 13.5. The number of hydrogen-bond donors (Lipinski definition) is 2. The molecule has 31 heavy (non-hydrogen) atoms. The Morgan fingerprint density at radius 1 is 0.968 bits per heavy atom. The van der Waals surface area contributed by atoms with E-state index in [4.69, 9.17) is 0 Å². The normalized spacial score (nSPS) is 26.2. The quantitative estimate of drug-likeness (QED) is 0.796. The van der Waals surface area contributed by atoms with Crippen molar-refractivity contribution in [1.29, 1.82) is 0 Å². The van der Waals surface area contributed by atoms with Crippen LogP contribution in [0.2, 0.25) is 0 Å². The number of quaternary nitrogens is 1. The minimum Gasteiger partial charge on any atom is -0.331 e. The summed E-state index contributed by atoms with van der Waals surface area (Å²) in [4.78, 5) is 31.3. The second-order valence-corrected chi connectivity index (χ2v) is 8.79. The number of nitrogens with one attached hydrogen (secondary N) is 2. The molecule has 2 N–H and O–H groups in total. The molecule has 1 fully saturated rings. The predicted molar refractivity (Wildman–Crippen MR) is 118 cm³/mol. The lowest BCUT2D eigenvalue weighted by atomic mass is 9.95. The van der Waals surface area contributed by atoms with E-state index in [1.165, 1.54) is 5.56 Å². The van der Waals surface area contributed by atoms with Crippen LogP contribution in [0.3, 0.4) is 0 Å². The molecule has 0 aliphatic carbocycles. The van der Waals surface area contributed by atoms with Crippen molar-refractivity contribution in [3.63, 3.8) is 0 Å². The Balaban J connectivity index is 1.30. The third-order valence-electron chi connectivity index (χ3n) is 6.92. The molecule has 3 aliphatic rings. The van der Waals surface area contributed by atoms with Gasteiger partial charge in [0.05, 0.1) is 36.9 Å². The molecule has 160 valence electrons. The first-order valence-corrected chi connectivity index (χ1v) is 11.1. The van der Waals surface area contributed by atoms with Crippen LogP contribution in [0.25, 0.3) is 0 Å². The number of piperidine rings is 1. The van der Waals surface area contributed by atoms with Crippen molar-refractivity contribution in [2.45, 2.75) is 31.5 Å². The summed E-state index contributed by atoms with van der Waals surface area (Å²) in [5, 5.41) is 3.02. The Morgan fingerprint density at radius 2 is 1.61 bits per heavy atom. The standard InChI is InChI=1S/C25H28N4O2/c1-27-21-17-29(20-12-14-28(15-13-20)16-18-8-4-2-5-9-18)24(30)22(21)23(26-25(27)31)19-10-6-3-7-11-19/h2-11,20,23H,12-17H2,1H3,(H,26,31)/p+1/t23-/m1/s1. The number of urea groups is 1. The molecule has 6 nitrogen and oxygen atoms in total. The highest BCUT2D eigenvalue weighted by Crippen LogP contribution is 2.37. The predicted octanol–water partition coefficient (Wildman–Crippen LogP) is 1.73. The molecule has 2 aromatic rings. The molecular formula is C25H29N4O2+. The third-order valence-corrected chi connectivity index (χ3v) is 6.92. The molecule has 6 heteroatoms. The number of hydrogen-bond acceptors (Lipinski definition) is 2. The summed E-state index contributed by atoms with van der Waals surface area (Å²) in [6, 6.07) is 20.1. The zero-order valence-corrected chi connectivity index (χ0v) is 17.9. The van der Waals surface area contributed by atoms with E-state index in [1.807, 2.05) is 35.2 Å². The Labute approximate surface area is 183 Å². The summed E-state index contributed by atoms with van der Waals surface area (Å²) in [6.07, 6.45) is 1.99. The van der Waals surface area contributed by atoms with Gasteiger partial charge in [-0.05, 0) is 5.56 Å². The largest absolute Gasteiger partial charge is 0.331 e. The molecule has 0 unspecified atom stereocenters. The Bertz CT molecular complexity index is 997. The number of amides is 3. The lowest BCUT2D eigenvalue weighted by Gasteiger charge is -2.35. The summed E-state index contributed by atoms with van der Waals surface area (Å²) >= 11 is 0. The van der Waals surface area contributed by atoms with Gasteiger partial charge in [-0.15, -0.1) is 0 Å². The fraction of sp³-hybridized carbons (Fsp3) is 0.360. The molecule has 0 saturated carbocycles. The molecule has 3 aliphatic heterocycles. The summed E-state index contributed by atoms with van der Waals surface area (Å²) in [5.41, 5.74) is 3.89. The third kappa shape index (κ3) is 3.72. The van der Waals surface area contributed by atoms with Crippen molar-refractivity contribution >= 4 is 11.9 Å².